The van der Waals surface area contributed by atoms with Crippen LogP contribution in [-0.4, -0.2) is 16.1 Å². The standard InChI is InChI=1S/C25H18ClF3N2O4/c1-12-21(32)17-11-15(25(27,28)29)10-16(23(17)35-22(12)14-6-4-3-5-7-14)13(2)30-18-8-9-19(26)31-20(18)24(33)34/h3-11,13,30H,1-2H3,(H,33,34). The lowest BCUT2D eigenvalue weighted by Gasteiger charge is -2.20. The van der Waals surface area contributed by atoms with E-state index in [1.807, 2.05) is 0 Å². The number of nitrogens with one attached hydrogen (secondary N) is 1. The van der Waals surface area contributed by atoms with Gasteiger partial charge < -0.3 is 14.8 Å². The summed E-state index contributed by atoms with van der Waals surface area (Å²) < 4.78 is 47.2. The van der Waals surface area contributed by atoms with Crippen molar-refractivity contribution in [2.24, 2.45) is 0 Å². The van der Waals surface area contributed by atoms with Crippen molar-refractivity contribution < 1.29 is 27.5 Å². The second-order valence-electron chi connectivity index (χ2n) is 7.89. The molecule has 0 amide bonds. The highest BCUT2D eigenvalue weighted by molar-refractivity contribution is 6.29. The fraction of sp³-hybridized carbons (Fsp3) is 0.160. The van der Waals surface area contributed by atoms with Crippen molar-refractivity contribution in [2.75, 3.05) is 5.32 Å². The van der Waals surface area contributed by atoms with Gasteiger partial charge in [0.25, 0.3) is 0 Å². The van der Waals surface area contributed by atoms with Crippen LogP contribution in [0.15, 0.2) is 63.8 Å². The van der Waals surface area contributed by atoms with Crippen molar-refractivity contribution in [3.8, 4) is 11.3 Å². The molecule has 0 spiro atoms. The van der Waals surface area contributed by atoms with Crippen LogP contribution in [0.5, 0.6) is 0 Å². The number of hydrogen-bond acceptors (Lipinski definition) is 5. The lowest BCUT2D eigenvalue weighted by atomic mass is 9.98. The fourth-order valence-corrected chi connectivity index (χ4v) is 3.94. The zero-order valence-corrected chi connectivity index (χ0v) is 19.2. The Hall–Kier alpha value is -3.85. The maximum Gasteiger partial charge on any atom is 0.416 e. The summed E-state index contributed by atoms with van der Waals surface area (Å²) in [6.07, 6.45) is -4.73. The summed E-state index contributed by atoms with van der Waals surface area (Å²) in [6.45, 7) is 3.02. The van der Waals surface area contributed by atoms with Crippen molar-refractivity contribution in [3.05, 3.63) is 92.4 Å². The van der Waals surface area contributed by atoms with E-state index in [1.165, 1.54) is 26.0 Å². The summed E-state index contributed by atoms with van der Waals surface area (Å²) in [6, 6.07) is 12.2. The Morgan fingerprint density at radius 3 is 2.46 bits per heavy atom. The quantitative estimate of drug-likeness (QED) is 0.295. The molecule has 2 aromatic carbocycles. The monoisotopic (exact) mass is 502 g/mol. The third kappa shape index (κ3) is 4.72. The summed E-state index contributed by atoms with van der Waals surface area (Å²) in [5.41, 5.74) is -1.23. The van der Waals surface area contributed by atoms with Crippen molar-refractivity contribution in [2.45, 2.75) is 26.1 Å². The summed E-state index contributed by atoms with van der Waals surface area (Å²) in [7, 11) is 0. The number of alkyl halides is 3. The predicted molar refractivity (Wildman–Crippen MR) is 126 cm³/mol. The van der Waals surface area contributed by atoms with Crippen molar-refractivity contribution in [1.29, 1.82) is 0 Å². The molecule has 1 unspecified atom stereocenters. The third-order valence-corrected chi connectivity index (χ3v) is 5.72. The van der Waals surface area contributed by atoms with E-state index in [1.54, 1.807) is 30.3 Å². The summed E-state index contributed by atoms with van der Waals surface area (Å²) >= 11 is 5.79. The van der Waals surface area contributed by atoms with Crippen LogP contribution in [0.1, 0.15) is 40.1 Å². The van der Waals surface area contributed by atoms with E-state index in [0.29, 0.717) is 5.56 Å². The number of pyridine rings is 1. The van der Waals surface area contributed by atoms with E-state index in [-0.39, 0.29) is 38.7 Å². The number of fused-ring (bicyclic) bond motifs is 1. The summed E-state index contributed by atoms with van der Waals surface area (Å²) in [5, 5.41) is 12.0. The highest BCUT2D eigenvalue weighted by Gasteiger charge is 2.33. The summed E-state index contributed by atoms with van der Waals surface area (Å²) in [5.74, 6) is -1.14. The first-order chi connectivity index (χ1) is 16.5. The van der Waals surface area contributed by atoms with E-state index in [2.05, 4.69) is 10.3 Å². The van der Waals surface area contributed by atoms with Gasteiger partial charge in [0.05, 0.1) is 22.7 Å². The number of rotatable bonds is 5. The molecule has 0 fully saturated rings. The van der Waals surface area contributed by atoms with Crippen LogP contribution in [0, 0.1) is 6.92 Å². The molecule has 6 nitrogen and oxygen atoms in total. The van der Waals surface area contributed by atoms with Crippen LogP contribution in [0.2, 0.25) is 5.15 Å². The first kappa shape index (κ1) is 24.3. The van der Waals surface area contributed by atoms with Crippen LogP contribution in [0.3, 0.4) is 0 Å². The normalized spacial score (nSPS) is 12.5. The van der Waals surface area contributed by atoms with Gasteiger partial charge in [0.1, 0.15) is 16.5 Å². The van der Waals surface area contributed by atoms with E-state index in [9.17, 15) is 27.9 Å². The number of carboxylic acids is 1. The lowest BCUT2D eigenvalue weighted by molar-refractivity contribution is -0.137. The maximum absolute atomic E-state index is 13.7. The molecule has 2 aromatic heterocycles. The number of benzene rings is 2. The van der Waals surface area contributed by atoms with Gasteiger partial charge in [0, 0.05) is 16.7 Å². The van der Waals surface area contributed by atoms with E-state index in [4.69, 9.17) is 16.0 Å². The molecule has 180 valence electrons. The predicted octanol–water partition coefficient (Wildman–Crippen LogP) is 6.71. The molecule has 35 heavy (non-hydrogen) atoms. The molecule has 0 saturated carbocycles. The van der Waals surface area contributed by atoms with E-state index < -0.39 is 34.9 Å². The number of carbonyl (C=O) groups is 1. The van der Waals surface area contributed by atoms with Crippen molar-refractivity contribution in [3.63, 3.8) is 0 Å². The molecular weight excluding hydrogens is 485 g/mol. The average Bonchev–Trinajstić information content (AvgIpc) is 2.81. The number of aromatic carboxylic acids is 1. The average molecular weight is 503 g/mol. The van der Waals surface area contributed by atoms with Crippen molar-refractivity contribution >= 4 is 34.2 Å². The van der Waals surface area contributed by atoms with E-state index >= 15 is 0 Å². The van der Waals surface area contributed by atoms with Gasteiger partial charge >= 0.3 is 12.1 Å². The number of halogens is 4. The van der Waals surface area contributed by atoms with Crippen LogP contribution < -0.4 is 10.7 Å². The molecule has 0 bridgehead atoms. The zero-order chi connectivity index (χ0) is 25.5. The fourth-order valence-electron chi connectivity index (χ4n) is 3.79. The Bertz CT molecular complexity index is 1500. The second kappa shape index (κ2) is 9.07. The van der Waals surface area contributed by atoms with Gasteiger partial charge in [-0.15, -0.1) is 0 Å². The molecule has 0 aliphatic heterocycles. The highest BCUT2D eigenvalue weighted by Crippen LogP contribution is 2.37. The van der Waals surface area contributed by atoms with Gasteiger partial charge in [0.2, 0.25) is 0 Å². The largest absolute Gasteiger partial charge is 0.476 e. The molecule has 2 heterocycles. The van der Waals surface area contributed by atoms with Gasteiger partial charge in [-0.05, 0) is 38.1 Å². The van der Waals surface area contributed by atoms with Crippen LogP contribution >= 0.6 is 11.6 Å². The highest BCUT2D eigenvalue weighted by atomic mass is 35.5. The number of hydrogen-bond donors (Lipinski definition) is 2. The van der Waals surface area contributed by atoms with Gasteiger partial charge in [-0.1, -0.05) is 41.9 Å². The van der Waals surface area contributed by atoms with Gasteiger partial charge in [-0.3, -0.25) is 4.79 Å². The van der Waals surface area contributed by atoms with Crippen LogP contribution in [0.25, 0.3) is 22.3 Å². The van der Waals surface area contributed by atoms with Crippen LogP contribution in [0.4, 0.5) is 18.9 Å². The SMILES string of the molecule is Cc1c(-c2ccccc2)oc2c(C(C)Nc3ccc(Cl)nc3C(=O)O)cc(C(F)(F)F)cc2c1=O. The van der Waals surface area contributed by atoms with Crippen LogP contribution in [-0.2, 0) is 6.18 Å². The molecule has 2 N–H and O–H groups in total. The lowest BCUT2D eigenvalue weighted by Crippen LogP contribution is -2.16. The topological polar surface area (TPSA) is 92.4 Å². The Balaban J connectivity index is 1.96. The minimum atomic E-state index is -4.73. The molecule has 4 aromatic rings. The number of carboxylic acid groups (broad SMARTS) is 1. The Labute approximate surface area is 202 Å². The minimum Gasteiger partial charge on any atom is -0.476 e. The van der Waals surface area contributed by atoms with Crippen molar-refractivity contribution in [1.82, 2.24) is 4.98 Å². The number of aromatic nitrogens is 1. The maximum atomic E-state index is 13.7. The number of anilines is 1. The van der Waals surface area contributed by atoms with Gasteiger partial charge in [-0.2, -0.15) is 13.2 Å². The summed E-state index contributed by atoms with van der Waals surface area (Å²) in [4.78, 5) is 28.5. The smallest absolute Gasteiger partial charge is 0.416 e. The molecular formula is C25H18ClF3N2O4. The van der Waals surface area contributed by atoms with Gasteiger partial charge in [-0.25, -0.2) is 9.78 Å². The first-order valence-corrected chi connectivity index (χ1v) is 10.8. The molecule has 1 atom stereocenters. The number of nitrogens with zero attached hydrogens (tertiary/aromatic N) is 1. The second-order valence-corrected chi connectivity index (χ2v) is 8.28. The Kier molecular flexibility index (Phi) is 6.29. The third-order valence-electron chi connectivity index (χ3n) is 5.51. The molecule has 0 aliphatic carbocycles. The zero-order valence-electron chi connectivity index (χ0n) is 18.4. The first-order valence-electron chi connectivity index (χ1n) is 10.4. The molecule has 0 saturated heterocycles. The Morgan fingerprint density at radius 2 is 1.83 bits per heavy atom. The molecule has 0 radical (unpaired) electrons. The Morgan fingerprint density at radius 1 is 1.14 bits per heavy atom. The van der Waals surface area contributed by atoms with Gasteiger partial charge in [0.15, 0.2) is 11.1 Å². The molecule has 4 rings (SSSR count). The minimum absolute atomic E-state index is 0.0235. The molecule has 10 heteroatoms. The molecule has 0 aliphatic rings. The van der Waals surface area contributed by atoms with E-state index in [0.717, 1.165) is 12.1 Å².